The van der Waals surface area contributed by atoms with Gasteiger partial charge in [0.1, 0.15) is 0 Å². The van der Waals surface area contributed by atoms with Gasteiger partial charge in [-0.3, -0.25) is 0 Å². The third-order valence-corrected chi connectivity index (χ3v) is 3.05. The number of hydrogen-bond donors (Lipinski definition) is 1. The van der Waals surface area contributed by atoms with Crippen molar-refractivity contribution in [1.29, 1.82) is 0 Å². The first-order valence-corrected chi connectivity index (χ1v) is 6.55. The molecule has 1 N–H and O–H groups in total. The molecule has 5 heteroatoms. The van der Waals surface area contributed by atoms with Crippen LogP contribution in [-0.2, 0) is 4.74 Å². The van der Waals surface area contributed by atoms with Crippen LogP contribution >= 0.6 is 11.6 Å². The predicted molar refractivity (Wildman–Crippen MR) is 78.3 cm³/mol. The summed E-state index contributed by atoms with van der Waals surface area (Å²) >= 11 is 5.98. The minimum absolute atomic E-state index is 0.216. The van der Waals surface area contributed by atoms with Gasteiger partial charge < -0.3 is 14.6 Å². The number of methoxy groups -OCH3 is 1. The molecule has 0 aliphatic rings. The molecule has 1 heterocycles. The zero-order chi connectivity index (χ0) is 13.8. The van der Waals surface area contributed by atoms with Gasteiger partial charge in [0.15, 0.2) is 0 Å². The third kappa shape index (κ3) is 3.49. The van der Waals surface area contributed by atoms with Crippen LogP contribution in [0.3, 0.4) is 0 Å². The van der Waals surface area contributed by atoms with Crippen LogP contribution < -0.4 is 5.32 Å². The average molecular weight is 280 g/mol. The molecule has 4 nitrogen and oxygen atoms in total. The molecule has 1 aromatic heterocycles. The fourth-order valence-electron chi connectivity index (χ4n) is 1.96. The fourth-order valence-corrected chi connectivity index (χ4v) is 2.15. The Balaban J connectivity index is 2.24. The van der Waals surface area contributed by atoms with Gasteiger partial charge >= 0.3 is 0 Å². The van der Waals surface area contributed by atoms with Crippen LogP contribution in [-0.4, -0.2) is 23.3 Å². The van der Waals surface area contributed by atoms with E-state index >= 15 is 0 Å². The molecule has 102 valence electrons. The van der Waals surface area contributed by atoms with E-state index in [1.165, 1.54) is 0 Å². The van der Waals surface area contributed by atoms with Crippen LogP contribution in [0.2, 0.25) is 5.02 Å². The van der Waals surface area contributed by atoms with Crippen molar-refractivity contribution in [2.45, 2.75) is 19.9 Å². The van der Waals surface area contributed by atoms with E-state index in [0.29, 0.717) is 11.6 Å². The van der Waals surface area contributed by atoms with Gasteiger partial charge in [-0.05, 0) is 32.0 Å². The minimum Gasteiger partial charge on any atom is -0.383 e. The van der Waals surface area contributed by atoms with Crippen molar-refractivity contribution >= 4 is 23.2 Å². The van der Waals surface area contributed by atoms with Crippen LogP contribution in [0.1, 0.15) is 18.7 Å². The molecule has 0 spiro atoms. The van der Waals surface area contributed by atoms with Crippen molar-refractivity contribution in [3.63, 3.8) is 0 Å². The van der Waals surface area contributed by atoms with Gasteiger partial charge in [0, 0.05) is 24.0 Å². The van der Waals surface area contributed by atoms with Crippen molar-refractivity contribution in [2.24, 2.45) is 0 Å². The molecule has 1 unspecified atom stereocenters. The molecule has 0 saturated heterocycles. The zero-order valence-electron chi connectivity index (χ0n) is 11.4. The topological polar surface area (TPSA) is 39.1 Å². The number of rotatable bonds is 5. The second-order valence-corrected chi connectivity index (χ2v) is 4.99. The third-order valence-electron chi connectivity index (χ3n) is 2.82. The van der Waals surface area contributed by atoms with Gasteiger partial charge in [-0.25, -0.2) is 4.98 Å². The van der Waals surface area contributed by atoms with E-state index in [2.05, 4.69) is 21.8 Å². The minimum atomic E-state index is 0.216. The lowest BCUT2D eigenvalue weighted by Crippen LogP contribution is -2.12. The predicted octanol–water partition coefficient (Wildman–Crippen LogP) is 3.80. The van der Waals surface area contributed by atoms with Crippen LogP contribution in [0, 0.1) is 6.92 Å². The Labute approximate surface area is 118 Å². The lowest BCUT2D eigenvalue weighted by molar-refractivity contribution is 0.163. The first-order chi connectivity index (χ1) is 9.10. The first kappa shape index (κ1) is 13.9. The molecule has 0 aliphatic heterocycles. The maximum absolute atomic E-state index is 5.98. The maximum Gasteiger partial charge on any atom is 0.207 e. The number of ether oxygens (including phenoxy) is 1. The van der Waals surface area contributed by atoms with Gasteiger partial charge in [0.2, 0.25) is 5.95 Å². The summed E-state index contributed by atoms with van der Waals surface area (Å²) in [5.41, 5.74) is 1.89. The molecule has 19 heavy (non-hydrogen) atoms. The smallest absolute Gasteiger partial charge is 0.207 e. The van der Waals surface area contributed by atoms with Crippen LogP contribution in [0.15, 0.2) is 30.5 Å². The van der Waals surface area contributed by atoms with Crippen molar-refractivity contribution in [2.75, 3.05) is 19.0 Å². The Hall–Kier alpha value is -1.52. The highest BCUT2D eigenvalue weighted by Crippen LogP contribution is 2.22. The Kier molecular flexibility index (Phi) is 4.45. The lowest BCUT2D eigenvalue weighted by atomic mass is 10.3. The van der Waals surface area contributed by atoms with E-state index in [9.17, 15) is 0 Å². The van der Waals surface area contributed by atoms with Crippen molar-refractivity contribution in [3.8, 4) is 0 Å². The number of anilines is 2. The molecule has 0 bridgehead atoms. The summed E-state index contributed by atoms with van der Waals surface area (Å²) in [5.74, 6) is 0.796. The van der Waals surface area contributed by atoms with Crippen LogP contribution in [0.5, 0.6) is 0 Å². The molecule has 0 fully saturated rings. The van der Waals surface area contributed by atoms with E-state index in [1.54, 1.807) is 7.11 Å². The average Bonchev–Trinajstić information content (AvgIpc) is 2.70. The summed E-state index contributed by atoms with van der Waals surface area (Å²) < 4.78 is 7.26. The Morgan fingerprint density at radius 3 is 2.95 bits per heavy atom. The molecule has 1 atom stereocenters. The van der Waals surface area contributed by atoms with Gasteiger partial charge in [-0.15, -0.1) is 0 Å². The number of benzene rings is 1. The van der Waals surface area contributed by atoms with Gasteiger partial charge in [-0.2, -0.15) is 0 Å². The number of hydrogen-bond acceptors (Lipinski definition) is 3. The number of aryl methyl sites for hydroxylation is 1. The van der Waals surface area contributed by atoms with E-state index in [1.807, 2.05) is 37.4 Å². The summed E-state index contributed by atoms with van der Waals surface area (Å²) in [4.78, 5) is 4.49. The molecule has 2 aromatic rings. The Morgan fingerprint density at radius 1 is 1.47 bits per heavy atom. The molecule has 0 saturated carbocycles. The highest BCUT2D eigenvalue weighted by molar-refractivity contribution is 6.30. The second kappa shape index (κ2) is 6.08. The summed E-state index contributed by atoms with van der Waals surface area (Å²) in [6.07, 6.45) is 2.01. The molecule has 1 aromatic carbocycles. The highest BCUT2D eigenvalue weighted by Gasteiger charge is 2.12. The van der Waals surface area contributed by atoms with E-state index in [-0.39, 0.29) is 6.04 Å². The number of nitrogens with one attached hydrogen (secondary N) is 1. The summed E-state index contributed by atoms with van der Waals surface area (Å²) in [6, 6.07) is 7.80. The first-order valence-electron chi connectivity index (χ1n) is 6.17. The summed E-state index contributed by atoms with van der Waals surface area (Å²) in [6.45, 7) is 4.70. The summed E-state index contributed by atoms with van der Waals surface area (Å²) in [7, 11) is 1.70. The number of nitrogens with zero attached hydrogens (tertiary/aromatic N) is 2. The molecule has 2 rings (SSSR count). The van der Waals surface area contributed by atoms with Crippen molar-refractivity contribution < 1.29 is 4.74 Å². The number of imidazole rings is 1. The fraction of sp³-hybridized carbons (Fsp3) is 0.357. The quantitative estimate of drug-likeness (QED) is 0.905. The normalized spacial score (nSPS) is 12.4. The van der Waals surface area contributed by atoms with Crippen molar-refractivity contribution in [1.82, 2.24) is 9.55 Å². The molecule has 0 amide bonds. The second-order valence-electron chi connectivity index (χ2n) is 4.55. The Bertz CT molecular complexity index is 553. The van der Waals surface area contributed by atoms with Gasteiger partial charge in [0.25, 0.3) is 0 Å². The van der Waals surface area contributed by atoms with E-state index in [0.717, 1.165) is 17.3 Å². The van der Waals surface area contributed by atoms with Crippen molar-refractivity contribution in [3.05, 3.63) is 41.2 Å². The monoisotopic (exact) mass is 279 g/mol. The van der Waals surface area contributed by atoms with Crippen LogP contribution in [0.4, 0.5) is 11.6 Å². The SMILES string of the molecule is COCC(C)n1cc(C)nc1Nc1cccc(Cl)c1. The summed E-state index contributed by atoms with van der Waals surface area (Å²) in [5, 5.41) is 3.98. The molecular formula is C14H18ClN3O. The van der Waals surface area contributed by atoms with Gasteiger partial charge in [0.05, 0.1) is 18.3 Å². The zero-order valence-corrected chi connectivity index (χ0v) is 12.1. The van der Waals surface area contributed by atoms with Crippen LogP contribution in [0.25, 0.3) is 0 Å². The van der Waals surface area contributed by atoms with E-state index < -0.39 is 0 Å². The maximum atomic E-state index is 5.98. The van der Waals surface area contributed by atoms with Gasteiger partial charge in [-0.1, -0.05) is 17.7 Å². The Morgan fingerprint density at radius 2 is 2.26 bits per heavy atom. The standard InChI is InChI=1S/C14H18ClN3O/c1-10-8-18(11(2)9-19-3)14(16-10)17-13-6-4-5-12(15)7-13/h4-8,11H,9H2,1-3H3,(H,16,17). The largest absolute Gasteiger partial charge is 0.383 e. The van der Waals surface area contributed by atoms with E-state index in [4.69, 9.17) is 16.3 Å². The highest BCUT2D eigenvalue weighted by atomic mass is 35.5. The number of aromatic nitrogens is 2. The lowest BCUT2D eigenvalue weighted by Gasteiger charge is -2.16. The molecule has 0 radical (unpaired) electrons. The number of halogens is 1. The molecular weight excluding hydrogens is 262 g/mol. The molecule has 0 aliphatic carbocycles.